The van der Waals surface area contributed by atoms with E-state index in [0.717, 1.165) is 22.8 Å². The third kappa shape index (κ3) is 4.40. The molecule has 106 valence electrons. The van der Waals surface area contributed by atoms with Crippen molar-refractivity contribution in [3.63, 3.8) is 0 Å². The zero-order valence-electron chi connectivity index (χ0n) is 10.5. The highest BCUT2D eigenvalue weighted by atomic mass is 127. The van der Waals surface area contributed by atoms with Gasteiger partial charge in [0.2, 0.25) is 10.0 Å². The van der Waals surface area contributed by atoms with Crippen LogP contribution in [0.25, 0.3) is 0 Å². The minimum Gasteiger partial charge on any atom is -0.393 e. The summed E-state index contributed by atoms with van der Waals surface area (Å²) < 4.78 is 27.8. The van der Waals surface area contributed by atoms with Crippen LogP contribution in [0.1, 0.15) is 25.7 Å². The van der Waals surface area contributed by atoms with E-state index in [1.165, 1.54) is 0 Å². The normalized spacial score (nSPS) is 24.3. The Bertz CT molecular complexity index is 515. The zero-order valence-corrected chi connectivity index (χ0v) is 13.5. The quantitative estimate of drug-likeness (QED) is 0.768. The number of nitrogens with one attached hydrogen (secondary N) is 1. The molecule has 1 aromatic rings. The van der Waals surface area contributed by atoms with Crippen LogP contribution < -0.4 is 4.72 Å². The van der Waals surface area contributed by atoms with Crippen molar-refractivity contribution in [2.45, 2.75) is 36.7 Å². The van der Waals surface area contributed by atoms with Gasteiger partial charge in [-0.3, -0.25) is 0 Å². The molecule has 0 aromatic heterocycles. The Morgan fingerprint density at radius 1 is 1.26 bits per heavy atom. The molecule has 0 bridgehead atoms. The van der Waals surface area contributed by atoms with E-state index >= 15 is 0 Å². The molecule has 0 amide bonds. The first-order valence-corrected chi connectivity index (χ1v) is 8.97. The van der Waals surface area contributed by atoms with Gasteiger partial charge in [0.05, 0.1) is 11.0 Å². The molecule has 1 saturated carbocycles. The van der Waals surface area contributed by atoms with Crippen molar-refractivity contribution in [2.24, 2.45) is 5.92 Å². The van der Waals surface area contributed by atoms with E-state index in [4.69, 9.17) is 0 Å². The highest BCUT2D eigenvalue weighted by molar-refractivity contribution is 14.1. The van der Waals surface area contributed by atoms with Crippen LogP contribution in [0.2, 0.25) is 0 Å². The molecular weight excluding hydrogens is 377 g/mol. The van der Waals surface area contributed by atoms with E-state index in [-0.39, 0.29) is 12.0 Å². The molecule has 1 aliphatic rings. The van der Waals surface area contributed by atoms with Crippen molar-refractivity contribution in [3.8, 4) is 0 Å². The summed E-state index contributed by atoms with van der Waals surface area (Å²) in [6.07, 6.45) is 3.19. The highest BCUT2D eigenvalue weighted by Crippen LogP contribution is 2.24. The van der Waals surface area contributed by atoms with Gasteiger partial charge in [0.25, 0.3) is 0 Å². The van der Waals surface area contributed by atoms with E-state index in [2.05, 4.69) is 27.3 Å². The summed E-state index contributed by atoms with van der Waals surface area (Å²) in [7, 11) is -3.43. The molecule has 0 radical (unpaired) electrons. The molecule has 1 fully saturated rings. The molecule has 2 atom stereocenters. The molecule has 6 heteroatoms. The third-order valence-electron chi connectivity index (χ3n) is 3.44. The van der Waals surface area contributed by atoms with Crippen LogP contribution in [-0.2, 0) is 10.0 Å². The number of sulfonamides is 1. The van der Waals surface area contributed by atoms with E-state index < -0.39 is 10.0 Å². The summed E-state index contributed by atoms with van der Waals surface area (Å²) in [5, 5.41) is 9.58. The van der Waals surface area contributed by atoms with Crippen LogP contribution in [0.5, 0.6) is 0 Å². The fourth-order valence-corrected chi connectivity index (χ4v) is 3.85. The number of aliphatic hydroxyl groups excluding tert-OH is 1. The Morgan fingerprint density at radius 2 is 1.95 bits per heavy atom. The minimum atomic E-state index is -3.43. The maximum absolute atomic E-state index is 12.1. The van der Waals surface area contributed by atoms with E-state index in [0.29, 0.717) is 17.9 Å². The fraction of sp³-hybridized carbons (Fsp3) is 0.538. The van der Waals surface area contributed by atoms with Gasteiger partial charge in [-0.25, -0.2) is 13.1 Å². The third-order valence-corrected chi connectivity index (χ3v) is 5.60. The van der Waals surface area contributed by atoms with Crippen molar-refractivity contribution >= 4 is 32.6 Å². The lowest BCUT2D eigenvalue weighted by Crippen LogP contribution is -2.33. The second-order valence-electron chi connectivity index (χ2n) is 4.99. The van der Waals surface area contributed by atoms with Gasteiger partial charge in [0.15, 0.2) is 0 Å². The van der Waals surface area contributed by atoms with Gasteiger partial charge in [0, 0.05) is 10.1 Å². The summed E-state index contributed by atoms with van der Waals surface area (Å²) in [4.78, 5) is 0.296. The van der Waals surface area contributed by atoms with Crippen LogP contribution in [0.15, 0.2) is 29.2 Å². The lowest BCUT2D eigenvalue weighted by atomic mass is 9.87. The van der Waals surface area contributed by atoms with E-state index in [1.807, 2.05) is 0 Å². The Balaban J connectivity index is 1.96. The predicted molar refractivity (Wildman–Crippen MR) is 82.3 cm³/mol. The SMILES string of the molecule is O=S(=O)(NCC1CCCC(O)C1)c1ccc(I)cc1. The summed E-state index contributed by atoms with van der Waals surface area (Å²) in [5.74, 6) is 0.238. The van der Waals surface area contributed by atoms with Gasteiger partial charge >= 0.3 is 0 Å². The van der Waals surface area contributed by atoms with Gasteiger partial charge in [-0.05, 0) is 72.0 Å². The molecule has 0 aliphatic heterocycles. The standard InChI is InChI=1S/C13H18INO3S/c14-11-4-6-13(7-5-11)19(17,18)15-9-10-2-1-3-12(16)8-10/h4-7,10,12,15-16H,1-3,8-9H2. The first-order valence-electron chi connectivity index (χ1n) is 6.40. The zero-order chi connectivity index (χ0) is 13.9. The molecule has 19 heavy (non-hydrogen) atoms. The second-order valence-corrected chi connectivity index (χ2v) is 8.00. The number of hydrogen-bond acceptors (Lipinski definition) is 3. The molecule has 0 spiro atoms. The molecule has 1 aliphatic carbocycles. The number of hydrogen-bond donors (Lipinski definition) is 2. The molecule has 0 saturated heterocycles. The molecule has 0 heterocycles. The maximum atomic E-state index is 12.1. The van der Waals surface area contributed by atoms with Gasteiger partial charge in [0.1, 0.15) is 0 Å². The minimum absolute atomic E-state index is 0.238. The highest BCUT2D eigenvalue weighted by Gasteiger charge is 2.22. The van der Waals surface area contributed by atoms with Crippen molar-refractivity contribution in [1.29, 1.82) is 0 Å². The number of rotatable bonds is 4. The Kier molecular flexibility index (Phi) is 5.22. The number of halogens is 1. The van der Waals surface area contributed by atoms with E-state index in [9.17, 15) is 13.5 Å². The molecule has 1 aromatic carbocycles. The number of benzene rings is 1. The fourth-order valence-electron chi connectivity index (χ4n) is 2.37. The van der Waals surface area contributed by atoms with Crippen LogP contribution in [0.4, 0.5) is 0 Å². The van der Waals surface area contributed by atoms with Gasteiger partial charge in [-0.15, -0.1) is 0 Å². The van der Waals surface area contributed by atoms with Crippen molar-refractivity contribution in [1.82, 2.24) is 4.72 Å². The Labute approximate surface area is 127 Å². The van der Waals surface area contributed by atoms with Crippen molar-refractivity contribution in [3.05, 3.63) is 27.8 Å². The van der Waals surface area contributed by atoms with Gasteiger partial charge < -0.3 is 5.11 Å². The average Bonchev–Trinajstić information content (AvgIpc) is 2.37. The summed E-state index contributed by atoms with van der Waals surface area (Å²) in [5.41, 5.74) is 0. The second kappa shape index (κ2) is 6.51. The first kappa shape index (κ1) is 15.2. The summed E-state index contributed by atoms with van der Waals surface area (Å²) in [6, 6.07) is 6.78. The van der Waals surface area contributed by atoms with Crippen LogP contribution >= 0.6 is 22.6 Å². The Hall–Kier alpha value is -0.180. The average molecular weight is 395 g/mol. The molecule has 4 nitrogen and oxygen atoms in total. The summed E-state index contributed by atoms with van der Waals surface area (Å²) in [6.45, 7) is 0.408. The molecule has 2 rings (SSSR count). The molecule has 2 N–H and O–H groups in total. The Morgan fingerprint density at radius 3 is 2.58 bits per heavy atom. The summed E-state index contributed by atoms with van der Waals surface area (Å²) >= 11 is 2.14. The number of aliphatic hydroxyl groups is 1. The van der Waals surface area contributed by atoms with Gasteiger partial charge in [-0.1, -0.05) is 6.42 Å². The largest absolute Gasteiger partial charge is 0.393 e. The van der Waals surface area contributed by atoms with Crippen LogP contribution in [0, 0.1) is 9.49 Å². The monoisotopic (exact) mass is 395 g/mol. The maximum Gasteiger partial charge on any atom is 0.240 e. The first-order chi connectivity index (χ1) is 8.97. The predicted octanol–water partition coefficient (Wildman–Crippen LogP) is 2.12. The van der Waals surface area contributed by atoms with Crippen LogP contribution in [0.3, 0.4) is 0 Å². The van der Waals surface area contributed by atoms with Crippen LogP contribution in [-0.4, -0.2) is 26.2 Å². The van der Waals surface area contributed by atoms with Crippen molar-refractivity contribution < 1.29 is 13.5 Å². The lowest BCUT2D eigenvalue weighted by Gasteiger charge is -2.25. The smallest absolute Gasteiger partial charge is 0.240 e. The topological polar surface area (TPSA) is 66.4 Å². The lowest BCUT2D eigenvalue weighted by molar-refractivity contribution is 0.102. The van der Waals surface area contributed by atoms with Gasteiger partial charge in [-0.2, -0.15) is 0 Å². The molecule has 2 unspecified atom stereocenters. The molecular formula is C13H18INO3S. The van der Waals surface area contributed by atoms with Crippen molar-refractivity contribution in [2.75, 3.05) is 6.54 Å². The van der Waals surface area contributed by atoms with E-state index in [1.54, 1.807) is 24.3 Å².